The topological polar surface area (TPSA) is 83.1 Å². The van der Waals surface area contributed by atoms with Crippen molar-refractivity contribution < 1.29 is 9.59 Å². The van der Waals surface area contributed by atoms with Gasteiger partial charge in [0.15, 0.2) is 0 Å². The summed E-state index contributed by atoms with van der Waals surface area (Å²) in [5, 5.41) is 5.63. The molecule has 1 aromatic carbocycles. The zero-order valence-electron chi connectivity index (χ0n) is 13.8. The van der Waals surface area contributed by atoms with Crippen molar-refractivity contribution in [1.29, 1.82) is 0 Å². The molecule has 1 aromatic heterocycles. The molecule has 0 saturated carbocycles. The van der Waals surface area contributed by atoms with Crippen LogP contribution in [0.15, 0.2) is 35.7 Å². The van der Waals surface area contributed by atoms with Crippen molar-refractivity contribution in [2.45, 2.75) is 39.2 Å². The third-order valence-corrected chi connectivity index (χ3v) is 4.23. The van der Waals surface area contributed by atoms with E-state index in [4.69, 9.17) is 0 Å². The Hall–Kier alpha value is -2.41. The van der Waals surface area contributed by atoms with Gasteiger partial charge in [0, 0.05) is 5.38 Å². The molecule has 7 heteroatoms. The van der Waals surface area contributed by atoms with Gasteiger partial charge in [0.25, 0.3) is 0 Å². The number of carbonyl (C=O) groups excluding carboxylic acids is 2. The summed E-state index contributed by atoms with van der Waals surface area (Å²) in [6.07, 6.45) is 1.90. The smallest absolute Gasteiger partial charge is 0.330 e. The molecular formula is C17H22N4O2S. The van der Waals surface area contributed by atoms with E-state index in [0.29, 0.717) is 5.69 Å². The minimum Gasteiger partial charge on any atom is -0.330 e. The largest absolute Gasteiger partial charge is 0.333 e. The lowest BCUT2D eigenvalue weighted by molar-refractivity contribution is -0.121. The van der Waals surface area contributed by atoms with E-state index in [1.807, 2.05) is 42.6 Å². The van der Waals surface area contributed by atoms with Crippen LogP contribution in [-0.4, -0.2) is 16.9 Å². The van der Waals surface area contributed by atoms with Crippen LogP contribution < -0.4 is 16.2 Å². The fraction of sp³-hybridized carbons (Fsp3) is 0.353. The number of amides is 3. The third kappa shape index (κ3) is 5.66. The van der Waals surface area contributed by atoms with E-state index in [0.717, 1.165) is 23.4 Å². The Morgan fingerprint density at radius 3 is 2.58 bits per heavy atom. The number of urea groups is 1. The number of aromatic nitrogens is 1. The van der Waals surface area contributed by atoms with Crippen LogP contribution in [0.25, 0.3) is 0 Å². The normalized spacial score (nSPS) is 11.6. The number of carbonyl (C=O) groups is 2. The molecule has 0 aliphatic heterocycles. The Kier molecular flexibility index (Phi) is 6.74. The molecule has 3 N–H and O–H groups in total. The first-order valence-corrected chi connectivity index (χ1v) is 8.77. The molecule has 6 nitrogen and oxygen atoms in total. The molecular weight excluding hydrogens is 324 g/mol. The van der Waals surface area contributed by atoms with Gasteiger partial charge in [-0.3, -0.25) is 10.2 Å². The monoisotopic (exact) mass is 346 g/mol. The highest BCUT2D eigenvalue weighted by Crippen LogP contribution is 2.17. The Morgan fingerprint density at radius 2 is 1.96 bits per heavy atom. The first-order chi connectivity index (χ1) is 11.6. The number of nitrogens with one attached hydrogen (secondary N) is 3. The Balaban J connectivity index is 1.81. The summed E-state index contributed by atoms with van der Waals surface area (Å²) in [5.41, 5.74) is 6.54. The molecule has 3 amide bonds. The van der Waals surface area contributed by atoms with Crippen LogP contribution in [0.3, 0.4) is 0 Å². The van der Waals surface area contributed by atoms with Crippen LogP contribution >= 0.6 is 11.3 Å². The van der Waals surface area contributed by atoms with Crippen molar-refractivity contribution in [2.75, 3.05) is 0 Å². The molecule has 128 valence electrons. The molecule has 24 heavy (non-hydrogen) atoms. The van der Waals surface area contributed by atoms with Gasteiger partial charge in [-0.25, -0.2) is 15.2 Å². The number of thiazole rings is 1. The summed E-state index contributed by atoms with van der Waals surface area (Å²) in [6.45, 7) is 3.95. The van der Waals surface area contributed by atoms with Gasteiger partial charge in [-0.1, -0.05) is 43.7 Å². The van der Waals surface area contributed by atoms with Crippen LogP contribution in [0.5, 0.6) is 0 Å². The van der Waals surface area contributed by atoms with E-state index >= 15 is 0 Å². The van der Waals surface area contributed by atoms with Crippen molar-refractivity contribution in [3.05, 3.63) is 52.0 Å². The van der Waals surface area contributed by atoms with E-state index in [9.17, 15) is 9.59 Å². The number of aryl methyl sites for hydroxylation is 1. The highest BCUT2D eigenvalue weighted by Gasteiger charge is 2.14. The Bertz CT molecular complexity index is 672. The maximum Gasteiger partial charge on any atom is 0.333 e. The molecule has 1 unspecified atom stereocenters. The lowest BCUT2D eigenvalue weighted by atomic mass is 10.0. The number of rotatable bonds is 6. The van der Waals surface area contributed by atoms with Crippen LogP contribution in [-0.2, 0) is 11.2 Å². The molecule has 0 aliphatic carbocycles. The number of hydrogen-bond donors (Lipinski definition) is 3. The summed E-state index contributed by atoms with van der Waals surface area (Å²) in [4.78, 5) is 28.1. The van der Waals surface area contributed by atoms with Gasteiger partial charge in [0.2, 0.25) is 5.91 Å². The lowest BCUT2D eigenvalue weighted by Gasteiger charge is -2.19. The lowest BCUT2D eigenvalue weighted by Crippen LogP contribution is -2.48. The zero-order chi connectivity index (χ0) is 17.4. The summed E-state index contributed by atoms with van der Waals surface area (Å²) in [7, 11) is 0. The van der Waals surface area contributed by atoms with Gasteiger partial charge in [-0.05, 0) is 18.9 Å². The minimum absolute atomic E-state index is 0.0886. The molecule has 2 rings (SSSR count). The van der Waals surface area contributed by atoms with E-state index < -0.39 is 6.03 Å². The Morgan fingerprint density at radius 1 is 1.21 bits per heavy atom. The first kappa shape index (κ1) is 17.9. The van der Waals surface area contributed by atoms with E-state index in [-0.39, 0.29) is 18.4 Å². The number of hydrazine groups is 1. The molecule has 0 saturated heterocycles. The van der Waals surface area contributed by atoms with Crippen molar-refractivity contribution in [3.8, 4) is 0 Å². The fourth-order valence-corrected chi connectivity index (χ4v) is 2.93. The van der Waals surface area contributed by atoms with E-state index in [2.05, 4.69) is 28.1 Å². The van der Waals surface area contributed by atoms with E-state index in [1.165, 1.54) is 11.3 Å². The first-order valence-electron chi connectivity index (χ1n) is 7.89. The van der Waals surface area contributed by atoms with Gasteiger partial charge < -0.3 is 5.32 Å². The second kappa shape index (κ2) is 9.02. The highest BCUT2D eigenvalue weighted by atomic mass is 32.1. The van der Waals surface area contributed by atoms with E-state index in [1.54, 1.807) is 0 Å². The predicted molar refractivity (Wildman–Crippen MR) is 94.5 cm³/mol. The van der Waals surface area contributed by atoms with Gasteiger partial charge in [0.05, 0.1) is 23.2 Å². The predicted octanol–water partition coefficient (Wildman–Crippen LogP) is 2.87. The molecule has 1 atom stereocenters. The number of nitrogens with zero attached hydrogens (tertiary/aromatic N) is 1. The Labute approximate surface area is 145 Å². The summed E-state index contributed by atoms with van der Waals surface area (Å²) >= 11 is 1.49. The highest BCUT2D eigenvalue weighted by molar-refractivity contribution is 7.09. The van der Waals surface area contributed by atoms with Crippen LogP contribution in [0.2, 0.25) is 0 Å². The minimum atomic E-state index is -0.430. The third-order valence-electron chi connectivity index (χ3n) is 3.41. The van der Waals surface area contributed by atoms with Crippen molar-refractivity contribution in [1.82, 2.24) is 21.2 Å². The summed E-state index contributed by atoms with van der Waals surface area (Å²) in [6, 6.07) is 9.25. The average molecular weight is 346 g/mol. The maximum absolute atomic E-state index is 12.0. The number of benzene rings is 1. The van der Waals surface area contributed by atoms with Gasteiger partial charge >= 0.3 is 6.03 Å². The van der Waals surface area contributed by atoms with Gasteiger partial charge in [0.1, 0.15) is 0 Å². The standard InChI is InChI=1S/C17H22N4O2S/c1-3-7-15(13-8-5-4-6-9-13)19-17(23)21-20-16(22)10-14-11-24-12(2)18-14/h4-6,8-9,11,15H,3,7,10H2,1-2H3,(H,20,22)(H2,19,21,23). The molecule has 1 heterocycles. The maximum atomic E-state index is 12.0. The van der Waals surface area contributed by atoms with Crippen LogP contribution in [0.4, 0.5) is 4.79 Å². The second-order valence-corrected chi connectivity index (χ2v) is 6.50. The van der Waals surface area contributed by atoms with Crippen molar-refractivity contribution in [2.24, 2.45) is 0 Å². The quantitative estimate of drug-likeness (QED) is 0.703. The molecule has 0 spiro atoms. The molecule has 2 aromatic rings. The molecule has 0 fully saturated rings. The molecule has 0 bridgehead atoms. The average Bonchev–Trinajstić information content (AvgIpc) is 2.98. The van der Waals surface area contributed by atoms with Crippen molar-refractivity contribution >= 4 is 23.3 Å². The number of hydrogen-bond acceptors (Lipinski definition) is 4. The SMILES string of the molecule is CCCC(NC(=O)NNC(=O)Cc1csc(C)n1)c1ccccc1. The molecule has 0 aliphatic rings. The fourth-order valence-electron chi connectivity index (χ4n) is 2.32. The van der Waals surface area contributed by atoms with Crippen molar-refractivity contribution in [3.63, 3.8) is 0 Å². The summed E-state index contributed by atoms with van der Waals surface area (Å²) < 4.78 is 0. The van der Waals surface area contributed by atoms with Gasteiger partial charge in [-0.2, -0.15) is 0 Å². The van der Waals surface area contributed by atoms with Crippen LogP contribution in [0, 0.1) is 6.92 Å². The van der Waals surface area contributed by atoms with Gasteiger partial charge in [-0.15, -0.1) is 11.3 Å². The zero-order valence-corrected chi connectivity index (χ0v) is 14.7. The van der Waals surface area contributed by atoms with Crippen LogP contribution in [0.1, 0.15) is 42.1 Å². The summed E-state index contributed by atoms with van der Waals surface area (Å²) in [5.74, 6) is -0.304. The molecule has 0 radical (unpaired) electrons. The second-order valence-electron chi connectivity index (χ2n) is 5.43.